The molecule has 0 atom stereocenters. The lowest BCUT2D eigenvalue weighted by Gasteiger charge is -2.30. The Morgan fingerprint density at radius 3 is 2.82 bits per heavy atom. The SMILES string of the molecule is C(=Cc1cccnc1)CC12CCCN1CCC2. The van der Waals surface area contributed by atoms with Gasteiger partial charge in [0.25, 0.3) is 0 Å². The van der Waals surface area contributed by atoms with Crippen molar-refractivity contribution < 1.29 is 0 Å². The Bertz CT molecular complexity index is 387. The van der Waals surface area contributed by atoms with Crippen molar-refractivity contribution >= 4 is 6.08 Å². The molecule has 2 fully saturated rings. The van der Waals surface area contributed by atoms with Crippen LogP contribution in [0.1, 0.15) is 37.7 Å². The van der Waals surface area contributed by atoms with Gasteiger partial charge in [0.1, 0.15) is 0 Å². The summed E-state index contributed by atoms with van der Waals surface area (Å²) < 4.78 is 0. The molecule has 2 saturated heterocycles. The molecular weight excluding hydrogens is 208 g/mol. The predicted molar refractivity (Wildman–Crippen MR) is 70.7 cm³/mol. The van der Waals surface area contributed by atoms with Crippen LogP contribution in [0.4, 0.5) is 0 Å². The molecule has 0 N–H and O–H groups in total. The van der Waals surface area contributed by atoms with Gasteiger partial charge in [0.2, 0.25) is 0 Å². The molecule has 0 aliphatic carbocycles. The fourth-order valence-corrected chi connectivity index (χ4v) is 3.45. The quantitative estimate of drug-likeness (QED) is 0.790. The van der Waals surface area contributed by atoms with Gasteiger partial charge < -0.3 is 0 Å². The highest BCUT2D eigenvalue weighted by Gasteiger charge is 2.42. The van der Waals surface area contributed by atoms with Crippen LogP contribution in [0.15, 0.2) is 30.6 Å². The third-order valence-electron chi connectivity index (χ3n) is 4.30. The van der Waals surface area contributed by atoms with Gasteiger partial charge in [0.05, 0.1) is 0 Å². The molecule has 2 aliphatic rings. The Morgan fingerprint density at radius 1 is 1.29 bits per heavy atom. The highest BCUT2D eigenvalue weighted by molar-refractivity contribution is 5.47. The first-order chi connectivity index (χ1) is 8.39. The van der Waals surface area contributed by atoms with Gasteiger partial charge in [-0.15, -0.1) is 0 Å². The van der Waals surface area contributed by atoms with Crippen LogP contribution in [0.25, 0.3) is 6.08 Å². The zero-order chi connectivity index (χ0) is 11.6. The average molecular weight is 228 g/mol. The molecule has 0 saturated carbocycles. The maximum absolute atomic E-state index is 4.14. The minimum Gasteiger partial charge on any atom is -0.297 e. The van der Waals surface area contributed by atoms with Crippen molar-refractivity contribution in [3.63, 3.8) is 0 Å². The number of fused-ring (bicyclic) bond motifs is 1. The van der Waals surface area contributed by atoms with E-state index in [0.717, 1.165) is 0 Å². The van der Waals surface area contributed by atoms with Gasteiger partial charge >= 0.3 is 0 Å². The van der Waals surface area contributed by atoms with Gasteiger partial charge in [0.15, 0.2) is 0 Å². The number of pyridine rings is 1. The highest BCUT2D eigenvalue weighted by Crippen LogP contribution is 2.41. The standard InChI is InChI=1S/C15H20N2/c1(5-14-6-2-10-16-13-14)7-15-8-3-11-17(15)12-4-9-15/h1-2,5-6,10,13H,3-4,7-9,11-12H2. The molecule has 90 valence electrons. The van der Waals surface area contributed by atoms with Crippen LogP contribution in [-0.4, -0.2) is 28.5 Å². The zero-order valence-corrected chi connectivity index (χ0v) is 10.3. The van der Waals surface area contributed by atoms with Crippen molar-refractivity contribution in [3.05, 3.63) is 36.2 Å². The zero-order valence-electron chi connectivity index (χ0n) is 10.3. The lowest BCUT2D eigenvalue weighted by atomic mass is 9.90. The number of hydrogen-bond acceptors (Lipinski definition) is 2. The molecule has 1 aromatic heterocycles. The van der Waals surface area contributed by atoms with E-state index in [2.05, 4.69) is 28.1 Å². The van der Waals surface area contributed by atoms with Crippen LogP contribution in [0, 0.1) is 0 Å². The Kier molecular flexibility index (Phi) is 2.98. The molecule has 3 rings (SSSR count). The Balaban J connectivity index is 1.66. The van der Waals surface area contributed by atoms with E-state index >= 15 is 0 Å². The van der Waals surface area contributed by atoms with Crippen molar-refractivity contribution in [2.24, 2.45) is 0 Å². The molecule has 0 unspecified atom stereocenters. The molecular formula is C15H20N2. The summed E-state index contributed by atoms with van der Waals surface area (Å²) in [5.41, 5.74) is 1.73. The average Bonchev–Trinajstić information content (AvgIpc) is 2.89. The Morgan fingerprint density at radius 2 is 2.12 bits per heavy atom. The minimum atomic E-state index is 0.513. The van der Waals surface area contributed by atoms with Gasteiger partial charge in [-0.25, -0.2) is 0 Å². The second kappa shape index (κ2) is 4.61. The monoisotopic (exact) mass is 228 g/mol. The van der Waals surface area contributed by atoms with Crippen molar-refractivity contribution in [2.75, 3.05) is 13.1 Å². The van der Waals surface area contributed by atoms with Crippen molar-refractivity contribution in [1.29, 1.82) is 0 Å². The number of hydrogen-bond donors (Lipinski definition) is 0. The van der Waals surface area contributed by atoms with E-state index in [-0.39, 0.29) is 0 Å². The minimum absolute atomic E-state index is 0.513. The second-order valence-corrected chi connectivity index (χ2v) is 5.31. The Hall–Kier alpha value is -1.15. The lowest BCUT2D eigenvalue weighted by molar-refractivity contribution is 0.198. The third kappa shape index (κ3) is 2.14. The van der Waals surface area contributed by atoms with Crippen molar-refractivity contribution in [3.8, 4) is 0 Å². The van der Waals surface area contributed by atoms with E-state index in [1.54, 1.807) is 0 Å². The van der Waals surface area contributed by atoms with Crippen LogP contribution < -0.4 is 0 Å². The molecule has 1 aromatic rings. The maximum atomic E-state index is 4.14. The molecule has 0 spiro atoms. The van der Waals surface area contributed by atoms with Crippen LogP contribution in [0.2, 0.25) is 0 Å². The summed E-state index contributed by atoms with van der Waals surface area (Å²) in [7, 11) is 0. The summed E-state index contributed by atoms with van der Waals surface area (Å²) in [4.78, 5) is 6.85. The number of aromatic nitrogens is 1. The summed E-state index contributed by atoms with van der Waals surface area (Å²) in [5.74, 6) is 0. The molecule has 0 radical (unpaired) electrons. The third-order valence-corrected chi connectivity index (χ3v) is 4.30. The smallest absolute Gasteiger partial charge is 0.0340 e. The fourth-order valence-electron chi connectivity index (χ4n) is 3.45. The van der Waals surface area contributed by atoms with Crippen LogP contribution in [0.5, 0.6) is 0 Å². The van der Waals surface area contributed by atoms with Crippen LogP contribution in [0.3, 0.4) is 0 Å². The van der Waals surface area contributed by atoms with Crippen molar-refractivity contribution in [1.82, 2.24) is 9.88 Å². The van der Waals surface area contributed by atoms with E-state index in [9.17, 15) is 0 Å². The van der Waals surface area contributed by atoms with Gasteiger partial charge in [-0.05, 0) is 56.8 Å². The summed E-state index contributed by atoms with van der Waals surface area (Å²) in [6, 6.07) is 4.11. The first-order valence-corrected chi connectivity index (χ1v) is 6.71. The Labute approximate surface area is 103 Å². The highest BCUT2D eigenvalue weighted by atomic mass is 15.2. The van der Waals surface area contributed by atoms with E-state index in [0.29, 0.717) is 5.54 Å². The molecule has 17 heavy (non-hydrogen) atoms. The molecule has 2 aliphatic heterocycles. The summed E-state index contributed by atoms with van der Waals surface area (Å²) in [6.07, 6.45) is 15.1. The molecule has 0 bridgehead atoms. The molecule has 0 aromatic carbocycles. The first kappa shape index (κ1) is 11.0. The number of nitrogens with zero attached hydrogens (tertiary/aromatic N) is 2. The molecule has 2 heteroatoms. The van der Waals surface area contributed by atoms with Crippen LogP contribution >= 0.6 is 0 Å². The second-order valence-electron chi connectivity index (χ2n) is 5.31. The number of rotatable bonds is 3. The van der Waals surface area contributed by atoms with E-state index in [1.165, 1.54) is 50.8 Å². The van der Waals surface area contributed by atoms with Gasteiger partial charge in [0, 0.05) is 17.9 Å². The van der Waals surface area contributed by atoms with Crippen LogP contribution in [-0.2, 0) is 0 Å². The van der Waals surface area contributed by atoms with Gasteiger partial charge in [-0.2, -0.15) is 0 Å². The fraction of sp³-hybridized carbons (Fsp3) is 0.533. The lowest BCUT2D eigenvalue weighted by Crippen LogP contribution is -2.37. The summed E-state index contributed by atoms with van der Waals surface area (Å²) in [6.45, 7) is 2.64. The van der Waals surface area contributed by atoms with E-state index < -0.39 is 0 Å². The molecule has 2 nitrogen and oxygen atoms in total. The normalized spacial score (nSPS) is 23.3. The topological polar surface area (TPSA) is 16.1 Å². The summed E-state index contributed by atoms with van der Waals surface area (Å²) in [5, 5.41) is 0. The van der Waals surface area contributed by atoms with E-state index in [1.807, 2.05) is 18.5 Å². The first-order valence-electron chi connectivity index (χ1n) is 6.71. The van der Waals surface area contributed by atoms with Gasteiger partial charge in [-0.1, -0.05) is 18.2 Å². The molecule has 3 heterocycles. The van der Waals surface area contributed by atoms with E-state index in [4.69, 9.17) is 0 Å². The maximum Gasteiger partial charge on any atom is 0.0340 e. The summed E-state index contributed by atoms with van der Waals surface area (Å²) >= 11 is 0. The molecule has 0 amide bonds. The predicted octanol–water partition coefficient (Wildman–Crippen LogP) is 3.11. The van der Waals surface area contributed by atoms with Gasteiger partial charge in [-0.3, -0.25) is 9.88 Å². The largest absolute Gasteiger partial charge is 0.297 e. The van der Waals surface area contributed by atoms with Crippen molar-refractivity contribution in [2.45, 2.75) is 37.6 Å².